The van der Waals surface area contributed by atoms with Gasteiger partial charge in [0.1, 0.15) is 0 Å². The van der Waals surface area contributed by atoms with E-state index in [0.717, 1.165) is 17.7 Å². The minimum Gasteiger partial charge on any atom is -0.378 e. The van der Waals surface area contributed by atoms with Crippen LogP contribution in [0.5, 0.6) is 0 Å². The predicted octanol–water partition coefficient (Wildman–Crippen LogP) is 4.21. The van der Waals surface area contributed by atoms with Gasteiger partial charge in [0.05, 0.1) is 0 Å². The number of aryl methyl sites for hydroxylation is 1. The summed E-state index contributed by atoms with van der Waals surface area (Å²) in [6.45, 7) is 2.13. The summed E-state index contributed by atoms with van der Waals surface area (Å²) in [6.07, 6.45) is 4.52. The van der Waals surface area contributed by atoms with Crippen molar-refractivity contribution in [1.29, 1.82) is 0 Å². The fraction of sp³-hybridized carbons (Fsp3) is 0.211. The molecule has 0 bridgehead atoms. The molecule has 0 aliphatic heterocycles. The molecule has 0 saturated heterocycles. The number of allylic oxidation sites excluding steroid dienone is 1. The van der Waals surface area contributed by atoms with Crippen LogP contribution in [0, 0.1) is 0 Å². The van der Waals surface area contributed by atoms with Crippen LogP contribution in [0.2, 0.25) is 0 Å². The standard InChI is InChI=1S/C19H21NO/c1-4-15-5-7-16(8-6-15)9-14-19(21)17-10-12-18(13-11-17)20(2)3/h5-14H,4H2,1-3H3/b14-9+. The number of rotatable bonds is 5. The quantitative estimate of drug-likeness (QED) is 0.603. The van der Waals surface area contributed by atoms with Crippen LogP contribution in [-0.2, 0) is 6.42 Å². The van der Waals surface area contributed by atoms with Crippen LogP contribution in [0.1, 0.15) is 28.4 Å². The van der Waals surface area contributed by atoms with Crippen LogP contribution in [-0.4, -0.2) is 19.9 Å². The molecule has 0 aliphatic carbocycles. The van der Waals surface area contributed by atoms with Crippen molar-refractivity contribution in [3.63, 3.8) is 0 Å². The number of carbonyl (C=O) groups excluding carboxylic acids is 1. The van der Waals surface area contributed by atoms with Gasteiger partial charge in [0.25, 0.3) is 0 Å². The van der Waals surface area contributed by atoms with Gasteiger partial charge in [-0.2, -0.15) is 0 Å². The number of benzene rings is 2. The molecule has 21 heavy (non-hydrogen) atoms. The first-order valence-corrected chi connectivity index (χ1v) is 7.19. The van der Waals surface area contributed by atoms with E-state index in [1.54, 1.807) is 6.08 Å². The average Bonchev–Trinajstić information content (AvgIpc) is 2.53. The Morgan fingerprint density at radius 2 is 1.62 bits per heavy atom. The number of ketones is 1. The first-order valence-electron chi connectivity index (χ1n) is 7.19. The Morgan fingerprint density at radius 1 is 1.00 bits per heavy atom. The summed E-state index contributed by atoms with van der Waals surface area (Å²) in [7, 11) is 3.97. The third kappa shape index (κ3) is 4.06. The molecule has 2 nitrogen and oxygen atoms in total. The van der Waals surface area contributed by atoms with E-state index in [4.69, 9.17) is 0 Å². The predicted molar refractivity (Wildman–Crippen MR) is 90.0 cm³/mol. The van der Waals surface area contributed by atoms with Gasteiger partial charge in [-0.1, -0.05) is 37.3 Å². The fourth-order valence-electron chi connectivity index (χ4n) is 2.06. The lowest BCUT2D eigenvalue weighted by molar-refractivity contribution is 0.104. The Kier molecular flexibility index (Phi) is 4.94. The summed E-state index contributed by atoms with van der Waals surface area (Å²) >= 11 is 0. The lowest BCUT2D eigenvalue weighted by Gasteiger charge is -2.11. The Labute approximate surface area is 126 Å². The van der Waals surface area contributed by atoms with E-state index in [2.05, 4.69) is 19.1 Å². The lowest BCUT2D eigenvalue weighted by Crippen LogP contribution is -2.08. The van der Waals surface area contributed by atoms with Gasteiger partial charge in [-0.25, -0.2) is 0 Å². The molecule has 0 spiro atoms. The Morgan fingerprint density at radius 3 is 2.14 bits per heavy atom. The number of carbonyl (C=O) groups is 1. The van der Waals surface area contributed by atoms with E-state index in [-0.39, 0.29) is 5.78 Å². The van der Waals surface area contributed by atoms with Gasteiger partial charge in [-0.05, 0) is 47.9 Å². The Hall–Kier alpha value is -2.35. The van der Waals surface area contributed by atoms with Crippen LogP contribution in [0.15, 0.2) is 54.6 Å². The number of hydrogen-bond acceptors (Lipinski definition) is 2. The van der Waals surface area contributed by atoms with Crippen molar-refractivity contribution < 1.29 is 4.79 Å². The fourth-order valence-corrected chi connectivity index (χ4v) is 2.06. The molecule has 0 N–H and O–H groups in total. The van der Waals surface area contributed by atoms with Gasteiger partial charge < -0.3 is 4.90 Å². The zero-order chi connectivity index (χ0) is 15.2. The Bertz CT molecular complexity index is 622. The van der Waals surface area contributed by atoms with E-state index in [0.29, 0.717) is 5.56 Å². The van der Waals surface area contributed by atoms with Crippen LogP contribution in [0.25, 0.3) is 6.08 Å². The van der Waals surface area contributed by atoms with Crippen molar-refractivity contribution in [2.45, 2.75) is 13.3 Å². The molecule has 0 heterocycles. The van der Waals surface area contributed by atoms with Crippen molar-refractivity contribution in [2.75, 3.05) is 19.0 Å². The van der Waals surface area contributed by atoms with Crippen molar-refractivity contribution in [3.8, 4) is 0 Å². The third-order valence-corrected chi connectivity index (χ3v) is 3.48. The molecular weight excluding hydrogens is 258 g/mol. The van der Waals surface area contributed by atoms with Crippen molar-refractivity contribution in [1.82, 2.24) is 0 Å². The highest BCUT2D eigenvalue weighted by Gasteiger charge is 2.02. The summed E-state index contributed by atoms with van der Waals surface area (Å²) in [4.78, 5) is 14.1. The highest BCUT2D eigenvalue weighted by molar-refractivity contribution is 6.06. The number of nitrogens with zero attached hydrogens (tertiary/aromatic N) is 1. The molecule has 2 aromatic carbocycles. The first-order chi connectivity index (χ1) is 10.1. The zero-order valence-corrected chi connectivity index (χ0v) is 12.8. The van der Waals surface area contributed by atoms with Crippen LogP contribution < -0.4 is 4.90 Å². The summed E-state index contributed by atoms with van der Waals surface area (Å²) < 4.78 is 0. The highest BCUT2D eigenvalue weighted by atomic mass is 16.1. The first kappa shape index (κ1) is 15.0. The molecule has 0 atom stereocenters. The van der Waals surface area contributed by atoms with Gasteiger partial charge in [0.15, 0.2) is 5.78 Å². The van der Waals surface area contributed by atoms with E-state index >= 15 is 0 Å². The molecule has 0 radical (unpaired) electrons. The van der Waals surface area contributed by atoms with E-state index in [1.165, 1.54) is 5.56 Å². The molecular formula is C19H21NO. The largest absolute Gasteiger partial charge is 0.378 e. The van der Waals surface area contributed by atoms with E-state index in [9.17, 15) is 4.79 Å². The molecule has 0 aromatic heterocycles. The smallest absolute Gasteiger partial charge is 0.185 e. The van der Waals surface area contributed by atoms with Crippen molar-refractivity contribution >= 4 is 17.5 Å². The second kappa shape index (κ2) is 6.89. The molecule has 2 aromatic rings. The third-order valence-electron chi connectivity index (χ3n) is 3.48. The van der Waals surface area contributed by atoms with E-state index < -0.39 is 0 Å². The van der Waals surface area contributed by atoms with Crippen LogP contribution >= 0.6 is 0 Å². The maximum atomic E-state index is 12.1. The minimum atomic E-state index is 0.0277. The molecule has 2 rings (SSSR count). The average molecular weight is 279 g/mol. The SMILES string of the molecule is CCc1ccc(/C=C/C(=O)c2ccc(N(C)C)cc2)cc1. The highest BCUT2D eigenvalue weighted by Crippen LogP contribution is 2.13. The van der Waals surface area contributed by atoms with Gasteiger partial charge >= 0.3 is 0 Å². The topological polar surface area (TPSA) is 20.3 Å². The second-order valence-electron chi connectivity index (χ2n) is 5.23. The molecule has 2 heteroatoms. The molecule has 0 amide bonds. The zero-order valence-electron chi connectivity index (χ0n) is 12.8. The minimum absolute atomic E-state index is 0.0277. The maximum absolute atomic E-state index is 12.1. The van der Waals surface area contributed by atoms with Crippen LogP contribution in [0.4, 0.5) is 5.69 Å². The van der Waals surface area contributed by atoms with Crippen molar-refractivity contribution in [3.05, 3.63) is 71.3 Å². The summed E-state index contributed by atoms with van der Waals surface area (Å²) in [6, 6.07) is 15.9. The Balaban J connectivity index is 2.07. The normalized spacial score (nSPS) is 10.8. The molecule has 0 aliphatic rings. The molecule has 0 saturated carbocycles. The summed E-state index contributed by atoms with van der Waals surface area (Å²) in [5, 5.41) is 0. The molecule has 0 unspecified atom stereocenters. The maximum Gasteiger partial charge on any atom is 0.185 e. The van der Waals surface area contributed by atoms with Crippen molar-refractivity contribution in [2.24, 2.45) is 0 Å². The second-order valence-corrected chi connectivity index (χ2v) is 5.23. The molecule has 108 valence electrons. The van der Waals surface area contributed by atoms with Crippen LogP contribution in [0.3, 0.4) is 0 Å². The summed E-state index contributed by atoms with van der Waals surface area (Å²) in [5.41, 5.74) is 4.15. The monoisotopic (exact) mass is 279 g/mol. The number of hydrogen-bond donors (Lipinski definition) is 0. The van der Waals surface area contributed by atoms with Gasteiger partial charge in [-0.15, -0.1) is 0 Å². The van der Waals surface area contributed by atoms with Gasteiger partial charge in [-0.3, -0.25) is 4.79 Å². The lowest BCUT2D eigenvalue weighted by atomic mass is 10.1. The molecule has 0 fully saturated rings. The number of anilines is 1. The summed E-state index contributed by atoms with van der Waals surface area (Å²) in [5.74, 6) is 0.0277. The van der Waals surface area contributed by atoms with E-state index in [1.807, 2.05) is 61.5 Å². The van der Waals surface area contributed by atoms with Gasteiger partial charge in [0, 0.05) is 25.3 Å². The van der Waals surface area contributed by atoms with Gasteiger partial charge in [0.2, 0.25) is 0 Å².